The highest BCUT2D eigenvalue weighted by Gasteiger charge is 2.11. The Hall–Kier alpha value is -1.26. The molecule has 0 spiro atoms. The molecule has 1 heterocycles. The van der Waals surface area contributed by atoms with E-state index >= 15 is 0 Å². The Morgan fingerprint density at radius 1 is 1.11 bits per heavy atom. The minimum Gasteiger partial charge on any atom is -0.486 e. The first-order valence-electron chi connectivity index (χ1n) is 7.15. The van der Waals surface area contributed by atoms with Gasteiger partial charge >= 0.3 is 0 Å². The van der Waals surface area contributed by atoms with Crippen LogP contribution in [-0.2, 0) is 6.54 Å². The van der Waals surface area contributed by atoms with Crippen LogP contribution in [0.1, 0.15) is 19.4 Å². The van der Waals surface area contributed by atoms with Gasteiger partial charge in [-0.15, -0.1) is 0 Å². The summed E-state index contributed by atoms with van der Waals surface area (Å²) in [5.74, 6) is 1.73. The molecule has 0 aliphatic carbocycles. The van der Waals surface area contributed by atoms with Crippen LogP contribution in [0.4, 0.5) is 0 Å². The maximum Gasteiger partial charge on any atom is 0.161 e. The van der Waals surface area contributed by atoms with E-state index in [1.807, 2.05) is 6.07 Å². The van der Waals surface area contributed by atoms with E-state index in [0.29, 0.717) is 13.2 Å². The summed E-state index contributed by atoms with van der Waals surface area (Å²) in [7, 11) is 0. The molecule has 0 unspecified atom stereocenters. The van der Waals surface area contributed by atoms with Crippen LogP contribution in [0.5, 0.6) is 11.5 Å². The molecule has 4 heteroatoms. The standard InChI is InChI=1S/C15H24N2O2/c1-3-17(4-2)8-7-16-12-13-5-6-14-15(11-13)19-10-9-18-14/h5-6,11,16H,3-4,7-10,12H2,1-2H3. The summed E-state index contributed by atoms with van der Waals surface area (Å²) in [6.45, 7) is 10.9. The number of hydrogen-bond donors (Lipinski definition) is 1. The number of rotatable bonds is 7. The first-order chi connectivity index (χ1) is 9.33. The lowest BCUT2D eigenvalue weighted by atomic mass is 10.2. The number of fused-ring (bicyclic) bond motifs is 1. The predicted octanol–water partition coefficient (Wildman–Crippen LogP) is 1.89. The Bertz CT molecular complexity index is 392. The lowest BCUT2D eigenvalue weighted by Crippen LogP contribution is -2.31. The van der Waals surface area contributed by atoms with E-state index in [1.54, 1.807) is 0 Å². The van der Waals surface area contributed by atoms with E-state index in [0.717, 1.165) is 44.2 Å². The van der Waals surface area contributed by atoms with Gasteiger partial charge in [0.2, 0.25) is 0 Å². The molecule has 0 bridgehead atoms. The van der Waals surface area contributed by atoms with Crippen molar-refractivity contribution in [3.8, 4) is 11.5 Å². The van der Waals surface area contributed by atoms with Crippen molar-refractivity contribution in [3.63, 3.8) is 0 Å². The molecule has 4 nitrogen and oxygen atoms in total. The van der Waals surface area contributed by atoms with Gasteiger partial charge in [-0.1, -0.05) is 19.9 Å². The molecule has 1 aliphatic rings. The van der Waals surface area contributed by atoms with Crippen LogP contribution < -0.4 is 14.8 Å². The van der Waals surface area contributed by atoms with Crippen molar-refractivity contribution in [2.24, 2.45) is 0 Å². The maximum absolute atomic E-state index is 5.58. The Labute approximate surface area is 115 Å². The second-order valence-electron chi connectivity index (χ2n) is 4.68. The van der Waals surface area contributed by atoms with E-state index in [1.165, 1.54) is 5.56 Å². The van der Waals surface area contributed by atoms with E-state index in [2.05, 4.69) is 36.2 Å². The van der Waals surface area contributed by atoms with E-state index < -0.39 is 0 Å². The zero-order valence-corrected chi connectivity index (χ0v) is 11.9. The molecule has 1 aromatic carbocycles. The molecule has 0 saturated heterocycles. The quantitative estimate of drug-likeness (QED) is 0.763. The van der Waals surface area contributed by atoms with Gasteiger partial charge < -0.3 is 19.7 Å². The van der Waals surface area contributed by atoms with E-state index in [-0.39, 0.29) is 0 Å². The zero-order chi connectivity index (χ0) is 13.5. The molecule has 1 aromatic rings. The molecule has 1 N–H and O–H groups in total. The normalized spacial score (nSPS) is 13.8. The highest BCUT2D eigenvalue weighted by Crippen LogP contribution is 2.30. The summed E-state index contributed by atoms with van der Waals surface area (Å²) in [5.41, 5.74) is 1.24. The second kappa shape index (κ2) is 7.36. The fourth-order valence-corrected chi connectivity index (χ4v) is 2.21. The Morgan fingerprint density at radius 2 is 1.84 bits per heavy atom. The van der Waals surface area contributed by atoms with E-state index in [9.17, 15) is 0 Å². The number of nitrogens with zero attached hydrogens (tertiary/aromatic N) is 1. The lowest BCUT2D eigenvalue weighted by Gasteiger charge is -2.20. The van der Waals surface area contributed by atoms with Crippen molar-refractivity contribution in [1.29, 1.82) is 0 Å². The topological polar surface area (TPSA) is 33.7 Å². The molecule has 0 aromatic heterocycles. The van der Waals surface area contributed by atoms with Crippen molar-refractivity contribution >= 4 is 0 Å². The Morgan fingerprint density at radius 3 is 2.58 bits per heavy atom. The van der Waals surface area contributed by atoms with Gasteiger partial charge in [0.15, 0.2) is 11.5 Å². The van der Waals surface area contributed by atoms with Crippen molar-refractivity contribution < 1.29 is 9.47 Å². The van der Waals surface area contributed by atoms with Gasteiger partial charge in [0.25, 0.3) is 0 Å². The van der Waals surface area contributed by atoms with Crippen LogP contribution in [0, 0.1) is 0 Å². The van der Waals surface area contributed by atoms with Crippen molar-refractivity contribution in [1.82, 2.24) is 10.2 Å². The molecule has 0 amide bonds. The summed E-state index contributed by atoms with van der Waals surface area (Å²) in [5, 5.41) is 3.47. The van der Waals surface area contributed by atoms with E-state index in [4.69, 9.17) is 9.47 Å². The SMILES string of the molecule is CCN(CC)CCNCc1ccc2c(c1)OCCO2. The van der Waals surface area contributed by atoms with Crippen LogP contribution >= 0.6 is 0 Å². The third kappa shape index (κ3) is 4.11. The van der Waals surface area contributed by atoms with Crippen LogP contribution in [0.2, 0.25) is 0 Å². The fraction of sp³-hybridized carbons (Fsp3) is 0.600. The van der Waals surface area contributed by atoms with Gasteiger partial charge in [-0.05, 0) is 30.8 Å². The Balaban J connectivity index is 1.77. The third-order valence-corrected chi connectivity index (χ3v) is 3.43. The van der Waals surface area contributed by atoms with Crippen molar-refractivity contribution in [2.75, 3.05) is 39.4 Å². The predicted molar refractivity (Wildman–Crippen MR) is 76.9 cm³/mol. The number of hydrogen-bond acceptors (Lipinski definition) is 4. The Kier molecular flexibility index (Phi) is 5.48. The zero-order valence-electron chi connectivity index (χ0n) is 11.9. The molecule has 106 valence electrons. The average Bonchev–Trinajstić information content (AvgIpc) is 2.47. The van der Waals surface area contributed by atoms with Gasteiger partial charge in [-0.25, -0.2) is 0 Å². The number of benzene rings is 1. The van der Waals surface area contributed by atoms with Gasteiger partial charge in [0.1, 0.15) is 13.2 Å². The number of likely N-dealkylation sites (N-methyl/N-ethyl adjacent to an activating group) is 1. The molecule has 0 atom stereocenters. The molecule has 19 heavy (non-hydrogen) atoms. The fourth-order valence-electron chi connectivity index (χ4n) is 2.21. The monoisotopic (exact) mass is 264 g/mol. The van der Waals surface area contributed by atoms with Crippen LogP contribution in [0.25, 0.3) is 0 Å². The molecule has 0 radical (unpaired) electrons. The highest BCUT2D eigenvalue weighted by molar-refractivity contribution is 5.43. The first-order valence-corrected chi connectivity index (χ1v) is 7.15. The highest BCUT2D eigenvalue weighted by atomic mass is 16.6. The van der Waals surface area contributed by atoms with Crippen LogP contribution in [0.15, 0.2) is 18.2 Å². The molecule has 0 fully saturated rings. The summed E-state index contributed by atoms with van der Waals surface area (Å²) in [6.07, 6.45) is 0. The minimum absolute atomic E-state index is 0.645. The van der Waals surface area contributed by atoms with Gasteiger partial charge in [-0.2, -0.15) is 0 Å². The summed E-state index contributed by atoms with van der Waals surface area (Å²) < 4.78 is 11.1. The lowest BCUT2D eigenvalue weighted by molar-refractivity contribution is 0.171. The van der Waals surface area contributed by atoms with Crippen molar-refractivity contribution in [2.45, 2.75) is 20.4 Å². The number of ether oxygens (including phenoxy) is 2. The molecule has 1 aliphatic heterocycles. The molecule has 2 rings (SSSR count). The second-order valence-corrected chi connectivity index (χ2v) is 4.68. The van der Waals surface area contributed by atoms with Crippen LogP contribution in [-0.4, -0.2) is 44.3 Å². The van der Waals surface area contributed by atoms with Gasteiger partial charge in [-0.3, -0.25) is 0 Å². The smallest absolute Gasteiger partial charge is 0.161 e. The summed E-state index contributed by atoms with van der Waals surface area (Å²) >= 11 is 0. The average molecular weight is 264 g/mol. The molecular formula is C15H24N2O2. The van der Waals surface area contributed by atoms with Crippen LogP contribution in [0.3, 0.4) is 0 Å². The maximum atomic E-state index is 5.58. The summed E-state index contributed by atoms with van der Waals surface area (Å²) in [6, 6.07) is 6.16. The molecular weight excluding hydrogens is 240 g/mol. The first kappa shape index (κ1) is 14.2. The van der Waals surface area contributed by atoms with Gasteiger partial charge in [0, 0.05) is 19.6 Å². The minimum atomic E-state index is 0.645. The summed E-state index contributed by atoms with van der Waals surface area (Å²) in [4.78, 5) is 2.41. The molecule has 0 saturated carbocycles. The third-order valence-electron chi connectivity index (χ3n) is 3.43. The number of nitrogens with one attached hydrogen (secondary N) is 1. The van der Waals surface area contributed by atoms with Gasteiger partial charge in [0.05, 0.1) is 0 Å². The largest absolute Gasteiger partial charge is 0.486 e. The van der Waals surface area contributed by atoms with Crippen molar-refractivity contribution in [3.05, 3.63) is 23.8 Å².